The smallest absolute Gasteiger partial charge is 0.188 e. The predicted molar refractivity (Wildman–Crippen MR) is 39.7 cm³/mol. The van der Waals surface area contributed by atoms with Crippen LogP contribution in [0.25, 0.3) is 0 Å². The number of aliphatic hydroxyl groups excluding tert-OH is 1. The molecule has 64 valence electrons. The van der Waals surface area contributed by atoms with E-state index in [9.17, 15) is 5.11 Å². The first-order valence-electron chi connectivity index (χ1n) is 3.58. The second kappa shape index (κ2) is 3.30. The van der Waals surface area contributed by atoms with E-state index in [0.717, 1.165) is 0 Å². The summed E-state index contributed by atoms with van der Waals surface area (Å²) in [6, 6.07) is 0. The summed E-state index contributed by atoms with van der Waals surface area (Å²) in [5.41, 5.74) is 0.288. The molecule has 0 aromatic rings. The van der Waals surface area contributed by atoms with Crippen molar-refractivity contribution < 1.29 is 14.6 Å². The third kappa shape index (κ3) is 1.77. The number of hydrogen-bond acceptors (Lipinski definition) is 4. The van der Waals surface area contributed by atoms with Crippen molar-refractivity contribution in [2.24, 2.45) is 0 Å². The van der Waals surface area contributed by atoms with Gasteiger partial charge in [-0.3, -0.25) is 0 Å². The van der Waals surface area contributed by atoms with Crippen molar-refractivity contribution in [3.8, 4) is 0 Å². The fraction of sp³-hybridized carbons (Fsp3) is 0.857. The summed E-state index contributed by atoms with van der Waals surface area (Å²) < 4.78 is 10.0. The van der Waals surface area contributed by atoms with E-state index in [0.29, 0.717) is 6.42 Å². The standard InChI is InChI=1S/C7H13NO3/c1-4-3-5(8)6(9)7(10-2)11-4/h4,6-9H,3H2,1-2H3/t4-,6-,7?/m1/s1. The van der Waals surface area contributed by atoms with E-state index in [1.165, 1.54) is 7.11 Å². The normalized spacial score (nSPS) is 39.2. The van der Waals surface area contributed by atoms with Crippen LogP contribution in [0.1, 0.15) is 13.3 Å². The molecule has 1 saturated heterocycles. The van der Waals surface area contributed by atoms with Crippen molar-refractivity contribution in [3.63, 3.8) is 0 Å². The van der Waals surface area contributed by atoms with Crippen molar-refractivity contribution in [3.05, 3.63) is 0 Å². The van der Waals surface area contributed by atoms with Gasteiger partial charge in [-0.2, -0.15) is 0 Å². The van der Waals surface area contributed by atoms with Gasteiger partial charge in [-0.25, -0.2) is 0 Å². The molecule has 0 saturated carbocycles. The predicted octanol–water partition coefficient (Wildman–Crippen LogP) is 0.148. The zero-order valence-corrected chi connectivity index (χ0v) is 6.70. The second-order valence-corrected chi connectivity index (χ2v) is 2.72. The van der Waals surface area contributed by atoms with Crippen molar-refractivity contribution in [2.45, 2.75) is 31.8 Å². The lowest BCUT2D eigenvalue weighted by molar-refractivity contribution is -0.194. The van der Waals surface area contributed by atoms with Gasteiger partial charge in [-0.15, -0.1) is 0 Å². The maximum absolute atomic E-state index is 9.28. The van der Waals surface area contributed by atoms with Crippen LogP contribution < -0.4 is 0 Å². The molecule has 0 radical (unpaired) electrons. The van der Waals surface area contributed by atoms with E-state index in [1.807, 2.05) is 6.92 Å². The molecule has 1 rings (SSSR count). The van der Waals surface area contributed by atoms with Crippen LogP contribution in [-0.2, 0) is 9.47 Å². The average molecular weight is 159 g/mol. The summed E-state index contributed by atoms with van der Waals surface area (Å²) in [5.74, 6) is 0. The van der Waals surface area contributed by atoms with Gasteiger partial charge in [0.1, 0.15) is 6.10 Å². The molecule has 0 spiro atoms. The average Bonchev–Trinajstić information content (AvgIpc) is 1.96. The van der Waals surface area contributed by atoms with Gasteiger partial charge in [0.2, 0.25) is 0 Å². The van der Waals surface area contributed by atoms with E-state index in [-0.39, 0.29) is 11.8 Å². The highest BCUT2D eigenvalue weighted by molar-refractivity contribution is 5.86. The van der Waals surface area contributed by atoms with Crippen LogP contribution in [0.5, 0.6) is 0 Å². The Hall–Kier alpha value is -0.450. The number of nitrogens with one attached hydrogen (secondary N) is 1. The van der Waals surface area contributed by atoms with E-state index in [4.69, 9.17) is 14.9 Å². The fourth-order valence-corrected chi connectivity index (χ4v) is 1.13. The van der Waals surface area contributed by atoms with E-state index >= 15 is 0 Å². The summed E-state index contributed by atoms with van der Waals surface area (Å²) in [6.07, 6.45) is -1.10. The summed E-state index contributed by atoms with van der Waals surface area (Å²) in [5, 5.41) is 16.6. The van der Waals surface area contributed by atoms with Crippen molar-refractivity contribution in [2.75, 3.05) is 7.11 Å². The summed E-state index contributed by atoms with van der Waals surface area (Å²) in [4.78, 5) is 0. The molecule has 1 unspecified atom stereocenters. The molecule has 2 N–H and O–H groups in total. The van der Waals surface area contributed by atoms with Gasteiger partial charge < -0.3 is 20.0 Å². The lowest BCUT2D eigenvalue weighted by atomic mass is 10.0. The molecule has 3 atom stereocenters. The lowest BCUT2D eigenvalue weighted by Gasteiger charge is -2.31. The van der Waals surface area contributed by atoms with Gasteiger partial charge in [-0.05, 0) is 6.92 Å². The maximum Gasteiger partial charge on any atom is 0.188 e. The molecule has 4 heteroatoms. The molecule has 1 fully saturated rings. The zero-order valence-electron chi connectivity index (χ0n) is 6.70. The first-order chi connectivity index (χ1) is 5.15. The third-order valence-corrected chi connectivity index (χ3v) is 1.72. The number of aliphatic hydroxyl groups is 1. The van der Waals surface area contributed by atoms with E-state index in [1.54, 1.807) is 0 Å². The van der Waals surface area contributed by atoms with Crippen LogP contribution in [0.4, 0.5) is 0 Å². The van der Waals surface area contributed by atoms with Crippen LogP contribution in [0.15, 0.2) is 0 Å². The molecule has 0 amide bonds. The first kappa shape index (κ1) is 8.64. The third-order valence-electron chi connectivity index (χ3n) is 1.72. The summed E-state index contributed by atoms with van der Waals surface area (Å²) >= 11 is 0. The number of hydrogen-bond donors (Lipinski definition) is 2. The monoisotopic (exact) mass is 159 g/mol. The van der Waals surface area contributed by atoms with Crippen LogP contribution in [0.3, 0.4) is 0 Å². The van der Waals surface area contributed by atoms with E-state index < -0.39 is 12.4 Å². The Morgan fingerprint density at radius 1 is 1.73 bits per heavy atom. The molecule has 1 aliphatic rings. The molecule has 0 aromatic carbocycles. The Morgan fingerprint density at radius 2 is 2.36 bits per heavy atom. The second-order valence-electron chi connectivity index (χ2n) is 2.72. The number of rotatable bonds is 1. The highest BCUT2D eigenvalue weighted by Gasteiger charge is 2.31. The van der Waals surface area contributed by atoms with Gasteiger partial charge in [0.05, 0.1) is 6.10 Å². The first-order valence-corrected chi connectivity index (χ1v) is 3.58. The molecule has 0 aliphatic carbocycles. The Morgan fingerprint density at radius 3 is 2.91 bits per heavy atom. The van der Waals surface area contributed by atoms with Crippen LogP contribution >= 0.6 is 0 Å². The SMILES string of the molecule is COC1O[C@H](C)CC(=N)[C@H]1O. The molecule has 1 heterocycles. The van der Waals surface area contributed by atoms with Crippen LogP contribution in [0.2, 0.25) is 0 Å². The highest BCUT2D eigenvalue weighted by atomic mass is 16.7. The molecule has 1 aliphatic heterocycles. The Kier molecular flexibility index (Phi) is 2.59. The molecular weight excluding hydrogens is 146 g/mol. The molecule has 11 heavy (non-hydrogen) atoms. The Labute approximate surface area is 65.6 Å². The molecule has 0 aromatic heterocycles. The van der Waals surface area contributed by atoms with Gasteiger partial charge in [0.15, 0.2) is 6.29 Å². The topological polar surface area (TPSA) is 62.5 Å². The summed E-state index contributed by atoms with van der Waals surface area (Å²) in [7, 11) is 1.46. The quantitative estimate of drug-likeness (QED) is 0.572. The minimum absolute atomic E-state index is 0.0316. The van der Waals surface area contributed by atoms with Crippen LogP contribution in [-0.4, -0.2) is 36.4 Å². The van der Waals surface area contributed by atoms with Crippen molar-refractivity contribution in [1.29, 1.82) is 5.41 Å². The minimum Gasteiger partial charge on any atom is -0.382 e. The largest absolute Gasteiger partial charge is 0.382 e. The maximum atomic E-state index is 9.28. The lowest BCUT2D eigenvalue weighted by Crippen LogP contribution is -2.45. The highest BCUT2D eigenvalue weighted by Crippen LogP contribution is 2.16. The molecule has 4 nitrogen and oxygen atoms in total. The Bertz CT molecular complexity index is 160. The van der Waals surface area contributed by atoms with Gasteiger partial charge in [-0.1, -0.05) is 0 Å². The minimum atomic E-state index is -0.892. The number of ether oxygens (including phenoxy) is 2. The van der Waals surface area contributed by atoms with Gasteiger partial charge >= 0.3 is 0 Å². The summed E-state index contributed by atoms with van der Waals surface area (Å²) in [6.45, 7) is 1.85. The fourth-order valence-electron chi connectivity index (χ4n) is 1.13. The number of methoxy groups -OCH3 is 1. The molecular formula is C7H13NO3. The van der Waals surface area contributed by atoms with Crippen molar-refractivity contribution >= 4 is 5.71 Å². The Balaban J connectivity index is 2.58. The van der Waals surface area contributed by atoms with Crippen LogP contribution in [0, 0.1) is 5.41 Å². The van der Waals surface area contributed by atoms with Crippen molar-refractivity contribution in [1.82, 2.24) is 0 Å². The van der Waals surface area contributed by atoms with Gasteiger partial charge in [0, 0.05) is 19.2 Å². The van der Waals surface area contributed by atoms with Gasteiger partial charge in [0.25, 0.3) is 0 Å². The zero-order chi connectivity index (χ0) is 8.43. The van der Waals surface area contributed by atoms with E-state index in [2.05, 4.69) is 0 Å². The molecule has 0 bridgehead atoms.